The largest absolute Gasteiger partial charge is 0.369 e. The van der Waals surface area contributed by atoms with Crippen LogP contribution in [0.1, 0.15) is 50.4 Å². The average Bonchev–Trinajstić information content (AvgIpc) is 2.47. The Labute approximate surface area is 121 Å². The van der Waals surface area contributed by atoms with Crippen LogP contribution in [0.5, 0.6) is 0 Å². The lowest BCUT2D eigenvalue weighted by atomic mass is 9.91. The molecule has 1 fully saturated rings. The molecule has 1 N–H and O–H groups in total. The highest BCUT2D eigenvalue weighted by atomic mass is 16.2. The minimum Gasteiger partial charge on any atom is -0.369 e. The van der Waals surface area contributed by atoms with E-state index in [0.717, 1.165) is 25.9 Å². The summed E-state index contributed by atoms with van der Waals surface area (Å²) in [5.41, 5.74) is 0.696. The van der Waals surface area contributed by atoms with E-state index in [0.29, 0.717) is 23.3 Å². The fourth-order valence-electron chi connectivity index (χ4n) is 2.74. The zero-order valence-corrected chi connectivity index (χ0v) is 12.7. The maximum absolute atomic E-state index is 12.8. The van der Waals surface area contributed by atoms with Crippen LogP contribution in [-0.2, 0) is 0 Å². The van der Waals surface area contributed by atoms with Gasteiger partial charge in [0.15, 0.2) is 0 Å². The van der Waals surface area contributed by atoms with Gasteiger partial charge in [-0.15, -0.1) is 0 Å². The Morgan fingerprint density at radius 1 is 1.50 bits per heavy atom. The number of anilines is 1. The number of hydrogen-bond acceptors (Lipinski definition) is 3. The minimum absolute atomic E-state index is 0.107. The van der Waals surface area contributed by atoms with Crippen molar-refractivity contribution in [3.63, 3.8) is 0 Å². The number of nitrogens with zero attached hydrogens (tertiary/aromatic N) is 2. The third-order valence-corrected chi connectivity index (χ3v) is 4.22. The molecule has 20 heavy (non-hydrogen) atoms. The van der Waals surface area contributed by atoms with Crippen molar-refractivity contribution in [3.8, 4) is 0 Å². The topological polar surface area (TPSA) is 45.2 Å². The molecule has 2 heterocycles. The number of rotatable bonds is 4. The minimum atomic E-state index is 0.107. The number of hydrogen-bond donors (Lipinski definition) is 1. The van der Waals surface area contributed by atoms with Gasteiger partial charge in [0.1, 0.15) is 5.82 Å². The van der Waals surface area contributed by atoms with E-state index >= 15 is 0 Å². The van der Waals surface area contributed by atoms with E-state index < -0.39 is 0 Å². The molecular formula is C16H25N3O. The number of nitrogens with one attached hydrogen (secondary N) is 1. The van der Waals surface area contributed by atoms with Gasteiger partial charge in [0.25, 0.3) is 5.91 Å². The van der Waals surface area contributed by atoms with Crippen molar-refractivity contribution in [2.24, 2.45) is 5.92 Å². The van der Waals surface area contributed by atoms with Crippen LogP contribution in [-0.4, -0.2) is 34.9 Å². The van der Waals surface area contributed by atoms with E-state index in [4.69, 9.17) is 0 Å². The molecule has 1 aromatic rings. The zero-order valence-electron chi connectivity index (χ0n) is 12.7. The molecule has 0 saturated carbocycles. The van der Waals surface area contributed by atoms with Gasteiger partial charge < -0.3 is 10.2 Å². The summed E-state index contributed by atoms with van der Waals surface area (Å²) in [5, 5.41) is 3.25. The summed E-state index contributed by atoms with van der Waals surface area (Å²) in [6, 6.07) is 4.01. The normalized spacial score (nSPS) is 22.6. The average molecular weight is 275 g/mol. The van der Waals surface area contributed by atoms with Gasteiger partial charge in [-0.1, -0.05) is 13.8 Å². The highest BCUT2D eigenvalue weighted by molar-refractivity contribution is 5.99. The second-order valence-corrected chi connectivity index (χ2v) is 5.69. The van der Waals surface area contributed by atoms with Crippen LogP contribution in [0.25, 0.3) is 0 Å². The summed E-state index contributed by atoms with van der Waals surface area (Å²) in [6.45, 7) is 8.17. The first-order valence-corrected chi connectivity index (χ1v) is 7.65. The van der Waals surface area contributed by atoms with Crippen LogP contribution in [0.4, 0.5) is 5.82 Å². The lowest BCUT2D eigenvalue weighted by molar-refractivity contribution is 0.0551. The van der Waals surface area contributed by atoms with Crippen molar-refractivity contribution >= 4 is 11.7 Å². The molecule has 0 bridgehead atoms. The Morgan fingerprint density at radius 2 is 2.30 bits per heavy atom. The molecule has 0 aromatic carbocycles. The van der Waals surface area contributed by atoms with Crippen LogP contribution in [0.15, 0.2) is 18.3 Å². The van der Waals surface area contributed by atoms with Gasteiger partial charge in [0, 0.05) is 25.3 Å². The summed E-state index contributed by atoms with van der Waals surface area (Å²) in [6.07, 6.45) is 5.05. The summed E-state index contributed by atoms with van der Waals surface area (Å²) in [5.74, 6) is 1.39. The number of carbonyl (C=O) groups is 1. The van der Waals surface area contributed by atoms with Gasteiger partial charge in [0.2, 0.25) is 0 Å². The van der Waals surface area contributed by atoms with Gasteiger partial charge >= 0.3 is 0 Å². The highest BCUT2D eigenvalue weighted by Gasteiger charge is 2.30. The van der Waals surface area contributed by atoms with E-state index in [1.165, 1.54) is 6.42 Å². The van der Waals surface area contributed by atoms with Crippen LogP contribution in [0.3, 0.4) is 0 Å². The van der Waals surface area contributed by atoms with Gasteiger partial charge in [-0.05, 0) is 44.2 Å². The van der Waals surface area contributed by atoms with Crippen LogP contribution < -0.4 is 5.32 Å². The van der Waals surface area contributed by atoms with Gasteiger partial charge in [-0.25, -0.2) is 4.98 Å². The third kappa shape index (κ3) is 3.11. The fraction of sp³-hybridized carbons (Fsp3) is 0.625. The second kappa shape index (κ2) is 6.73. The smallest absolute Gasteiger partial charge is 0.257 e. The monoisotopic (exact) mass is 275 g/mol. The number of likely N-dealkylation sites (tertiary alicyclic amines) is 1. The van der Waals surface area contributed by atoms with E-state index in [-0.39, 0.29) is 5.91 Å². The predicted octanol–water partition coefficient (Wildman–Crippen LogP) is 3.16. The number of pyridine rings is 1. The SMILES string of the molecule is CCCNc1ncccc1C(=O)N1CCCC(C)C1C. The Bertz CT molecular complexity index is 461. The molecule has 1 aliphatic heterocycles. The Hall–Kier alpha value is -1.58. The molecule has 4 nitrogen and oxygen atoms in total. The molecule has 0 radical (unpaired) electrons. The van der Waals surface area contributed by atoms with Crippen LogP contribution in [0.2, 0.25) is 0 Å². The van der Waals surface area contributed by atoms with Crippen molar-refractivity contribution in [1.82, 2.24) is 9.88 Å². The second-order valence-electron chi connectivity index (χ2n) is 5.69. The first-order chi connectivity index (χ1) is 9.65. The highest BCUT2D eigenvalue weighted by Crippen LogP contribution is 2.25. The molecule has 110 valence electrons. The predicted molar refractivity (Wildman–Crippen MR) is 81.9 cm³/mol. The first-order valence-electron chi connectivity index (χ1n) is 7.65. The molecule has 0 spiro atoms. The van der Waals surface area contributed by atoms with Crippen molar-refractivity contribution < 1.29 is 4.79 Å². The number of carbonyl (C=O) groups excluding carboxylic acids is 1. The van der Waals surface area contributed by atoms with Crippen LogP contribution in [0, 0.1) is 5.92 Å². The standard InChI is InChI=1S/C16H25N3O/c1-4-9-17-15-14(8-5-10-18-15)16(20)19-11-6-7-12(2)13(19)3/h5,8,10,12-13H,4,6-7,9,11H2,1-3H3,(H,17,18). The molecule has 1 saturated heterocycles. The molecular weight excluding hydrogens is 250 g/mol. The van der Waals surface area contributed by atoms with E-state index in [1.807, 2.05) is 17.0 Å². The summed E-state index contributed by atoms with van der Waals surface area (Å²) < 4.78 is 0. The van der Waals surface area contributed by atoms with Gasteiger partial charge in [-0.3, -0.25) is 4.79 Å². The molecule has 2 unspecified atom stereocenters. The first kappa shape index (κ1) is 14.8. The third-order valence-electron chi connectivity index (χ3n) is 4.22. The molecule has 1 aliphatic rings. The van der Waals surface area contributed by atoms with E-state index in [9.17, 15) is 4.79 Å². The van der Waals surface area contributed by atoms with Crippen molar-refractivity contribution in [3.05, 3.63) is 23.9 Å². The Kier molecular flexibility index (Phi) is 4.99. The quantitative estimate of drug-likeness (QED) is 0.918. The maximum Gasteiger partial charge on any atom is 0.257 e. The number of amides is 1. The molecule has 2 atom stereocenters. The van der Waals surface area contributed by atoms with Gasteiger partial charge in [-0.2, -0.15) is 0 Å². The van der Waals surface area contributed by atoms with Gasteiger partial charge in [0.05, 0.1) is 5.56 Å². The lowest BCUT2D eigenvalue weighted by Crippen LogP contribution is -2.46. The lowest BCUT2D eigenvalue weighted by Gasteiger charge is -2.38. The molecule has 1 aromatic heterocycles. The molecule has 1 amide bonds. The van der Waals surface area contributed by atoms with Crippen molar-refractivity contribution in [2.75, 3.05) is 18.4 Å². The Morgan fingerprint density at radius 3 is 3.05 bits per heavy atom. The van der Waals surface area contributed by atoms with Crippen molar-refractivity contribution in [2.45, 2.75) is 46.1 Å². The molecule has 0 aliphatic carbocycles. The molecule has 2 rings (SSSR count). The van der Waals surface area contributed by atoms with E-state index in [2.05, 4.69) is 31.1 Å². The Balaban J connectivity index is 2.19. The van der Waals surface area contributed by atoms with E-state index in [1.54, 1.807) is 6.20 Å². The fourth-order valence-corrected chi connectivity index (χ4v) is 2.74. The number of piperidine rings is 1. The summed E-state index contributed by atoms with van der Waals surface area (Å²) in [7, 11) is 0. The summed E-state index contributed by atoms with van der Waals surface area (Å²) >= 11 is 0. The van der Waals surface area contributed by atoms with Crippen molar-refractivity contribution in [1.29, 1.82) is 0 Å². The number of aromatic nitrogens is 1. The van der Waals surface area contributed by atoms with Crippen LogP contribution >= 0.6 is 0 Å². The zero-order chi connectivity index (χ0) is 14.5. The maximum atomic E-state index is 12.8. The molecule has 4 heteroatoms. The summed E-state index contributed by atoms with van der Waals surface area (Å²) in [4.78, 5) is 19.1.